The molecule has 0 unspecified atom stereocenters. The topological polar surface area (TPSA) is 72.2 Å². The Morgan fingerprint density at radius 2 is 2.00 bits per heavy atom. The summed E-state index contributed by atoms with van der Waals surface area (Å²) in [6, 6.07) is 3.37. The summed E-state index contributed by atoms with van der Waals surface area (Å²) in [5.41, 5.74) is 5.66. The average molecular weight is 300 g/mol. The van der Waals surface area contributed by atoms with Crippen LogP contribution in [0.25, 0.3) is 0 Å². The number of halogens is 1. The van der Waals surface area contributed by atoms with Gasteiger partial charge in [-0.2, -0.15) is 0 Å². The molecule has 2 rings (SSSR count). The lowest BCUT2D eigenvalue weighted by Crippen LogP contribution is -2.26. The van der Waals surface area contributed by atoms with Crippen molar-refractivity contribution in [2.75, 3.05) is 12.3 Å². The van der Waals surface area contributed by atoms with Gasteiger partial charge in [0.2, 0.25) is 10.0 Å². The number of sulfonamides is 1. The van der Waals surface area contributed by atoms with Crippen LogP contribution in [0.3, 0.4) is 0 Å². The zero-order chi connectivity index (χ0) is 14.6. The molecule has 0 amide bonds. The normalized spacial score (nSPS) is 16.6. The fourth-order valence-corrected chi connectivity index (χ4v) is 3.93. The molecule has 1 aliphatic carbocycles. The van der Waals surface area contributed by atoms with Gasteiger partial charge in [0.1, 0.15) is 10.7 Å². The van der Waals surface area contributed by atoms with Crippen molar-refractivity contribution in [3.8, 4) is 0 Å². The first-order chi connectivity index (χ1) is 9.49. The number of anilines is 1. The van der Waals surface area contributed by atoms with E-state index in [-0.39, 0.29) is 10.6 Å². The van der Waals surface area contributed by atoms with Gasteiger partial charge in [0.25, 0.3) is 0 Å². The predicted molar refractivity (Wildman–Crippen MR) is 77.2 cm³/mol. The Hall–Kier alpha value is -1.14. The molecular weight excluding hydrogens is 279 g/mol. The van der Waals surface area contributed by atoms with Crippen LogP contribution >= 0.6 is 0 Å². The minimum atomic E-state index is -3.72. The highest BCUT2D eigenvalue weighted by molar-refractivity contribution is 7.89. The molecule has 1 aliphatic rings. The van der Waals surface area contributed by atoms with Crippen molar-refractivity contribution in [1.29, 1.82) is 0 Å². The van der Waals surface area contributed by atoms with Crippen LogP contribution in [0.1, 0.15) is 38.5 Å². The number of nitrogens with two attached hydrogens (primary N) is 1. The largest absolute Gasteiger partial charge is 0.398 e. The van der Waals surface area contributed by atoms with E-state index in [1.54, 1.807) is 0 Å². The fourth-order valence-electron chi connectivity index (χ4n) is 2.71. The van der Waals surface area contributed by atoms with E-state index in [2.05, 4.69) is 4.72 Å². The van der Waals surface area contributed by atoms with E-state index in [4.69, 9.17) is 5.73 Å². The Kier molecular flexibility index (Phi) is 4.99. The van der Waals surface area contributed by atoms with E-state index in [0.717, 1.165) is 30.9 Å². The van der Waals surface area contributed by atoms with Crippen molar-refractivity contribution < 1.29 is 12.8 Å². The molecule has 0 heterocycles. The molecule has 1 aromatic rings. The first-order valence-electron chi connectivity index (χ1n) is 7.04. The van der Waals surface area contributed by atoms with Crippen molar-refractivity contribution in [2.45, 2.75) is 43.4 Å². The summed E-state index contributed by atoms with van der Waals surface area (Å²) in [5.74, 6) is 0.129. The summed E-state index contributed by atoms with van der Waals surface area (Å²) in [6.07, 6.45) is 6.93. The van der Waals surface area contributed by atoms with Crippen LogP contribution in [0.4, 0.5) is 10.1 Å². The number of rotatable bonds is 6. The van der Waals surface area contributed by atoms with Gasteiger partial charge in [-0.1, -0.05) is 25.7 Å². The third kappa shape index (κ3) is 3.93. The molecule has 0 atom stereocenters. The van der Waals surface area contributed by atoms with Gasteiger partial charge < -0.3 is 5.73 Å². The second-order valence-electron chi connectivity index (χ2n) is 5.37. The summed E-state index contributed by atoms with van der Waals surface area (Å²) >= 11 is 0. The van der Waals surface area contributed by atoms with Gasteiger partial charge in [0, 0.05) is 6.54 Å². The Labute approximate surface area is 119 Å². The van der Waals surface area contributed by atoms with E-state index < -0.39 is 15.8 Å². The summed E-state index contributed by atoms with van der Waals surface area (Å²) in [4.78, 5) is -0.182. The molecular formula is C14H21FN2O2S. The molecule has 112 valence electrons. The fraction of sp³-hybridized carbons (Fsp3) is 0.571. The molecule has 0 bridgehead atoms. The van der Waals surface area contributed by atoms with Gasteiger partial charge >= 0.3 is 0 Å². The van der Waals surface area contributed by atoms with Gasteiger partial charge in [-0.15, -0.1) is 0 Å². The Morgan fingerprint density at radius 1 is 1.30 bits per heavy atom. The van der Waals surface area contributed by atoms with Crippen LogP contribution in [0.5, 0.6) is 0 Å². The molecule has 0 radical (unpaired) electrons. The van der Waals surface area contributed by atoms with E-state index >= 15 is 0 Å². The van der Waals surface area contributed by atoms with Crippen LogP contribution in [0, 0.1) is 11.7 Å². The summed E-state index contributed by atoms with van der Waals surface area (Å²) in [6.45, 7) is 0.370. The monoisotopic (exact) mass is 300 g/mol. The van der Waals surface area contributed by atoms with Crippen molar-refractivity contribution in [3.63, 3.8) is 0 Å². The summed E-state index contributed by atoms with van der Waals surface area (Å²) < 4.78 is 39.7. The van der Waals surface area contributed by atoms with E-state index in [9.17, 15) is 12.8 Å². The molecule has 1 saturated carbocycles. The van der Waals surface area contributed by atoms with Gasteiger partial charge in [0.05, 0.1) is 5.69 Å². The zero-order valence-electron chi connectivity index (χ0n) is 11.4. The zero-order valence-corrected chi connectivity index (χ0v) is 12.3. The van der Waals surface area contributed by atoms with Crippen LogP contribution < -0.4 is 10.5 Å². The van der Waals surface area contributed by atoms with E-state index in [0.29, 0.717) is 6.54 Å². The van der Waals surface area contributed by atoms with Gasteiger partial charge in [-0.25, -0.2) is 17.5 Å². The highest BCUT2D eigenvalue weighted by atomic mass is 32.2. The van der Waals surface area contributed by atoms with Crippen LogP contribution in [-0.4, -0.2) is 15.0 Å². The minimum absolute atomic E-state index is 0.0645. The molecule has 1 aromatic carbocycles. The lowest BCUT2D eigenvalue weighted by atomic mass is 10.0. The highest BCUT2D eigenvalue weighted by Crippen LogP contribution is 2.28. The summed E-state index contributed by atoms with van der Waals surface area (Å²) in [7, 11) is -3.72. The van der Waals surface area contributed by atoms with Crippen molar-refractivity contribution in [1.82, 2.24) is 4.72 Å². The predicted octanol–water partition coefficient (Wildman–Crippen LogP) is 2.66. The maximum Gasteiger partial charge on any atom is 0.242 e. The van der Waals surface area contributed by atoms with E-state index in [1.165, 1.54) is 31.7 Å². The van der Waals surface area contributed by atoms with Gasteiger partial charge in [-0.05, 0) is 37.0 Å². The van der Waals surface area contributed by atoms with Crippen molar-refractivity contribution >= 4 is 15.7 Å². The molecule has 0 spiro atoms. The van der Waals surface area contributed by atoms with Crippen LogP contribution in [-0.2, 0) is 10.0 Å². The molecule has 3 N–H and O–H groups in total. The van der Waals surface area contributed by atoms with E-state index in [1.807, 2.05) is 0 Å². The molecule has 0 aliphatic heterocycles. The maximum absolute atomic E-state index is 13.1. The van der Waals surface area contributed by atoms with Gasteiger partial charge in [0.15, 0.2) is 0 Å². The molecule has 20 heavy (non-hydrogen) atoms. The number of hydrogen-bond acceptors (Lipinski definition) is 3. The Morgan fingerprint density at radius 3 is 2.70 bits per heavy atom. The second kappa shape index (κ2) is 6.54. The molecule has 1 fully saturated rings. The number of hydrogen-bond donors (Lipinski definition) is 2. The number of nitrogen functional groups attached to an aromatic ring is 1. The first-order valence-corrected chi connectivity index (χ1v) is 8.52. The average Bonchev–Trinajstić information content (AvgIpc) is 2.90. The quantitative estimate of drug-likeness (QED) is 0.626. The third-order valence-corrected chi connectivity index (χ3v) is 5.34. The standard InChI is InChI=1S/C14H21FN2O2S/c15-12-7-8-13(16)14(10-12)20(18,19)17-9-3-6-11-4-1-2-5-11/h7-8,10-11,17H,1-6,9,16H2. The lowest BCUT2D eigenvalue weighted by molar-refractivity contribution is 0.480. The smallest absolute Gasteiger partial charge is 0.242 e. The highest BCUT2D eigenvalue weighted by Gasteiger charge is 2.19. The third-order valence-electron chi connectivity index (χ3n) is 3.82. The van der Waals surface area contributed by atoms with Crippen LogP contribution in [0.15, 0.2) is 23.1 Å². The molecule has 0 saturated heterocycles. The van der Waals surface area contributed by atoms with Crippen molar-refractivity contribution in [3.05, 3.63) is 24.0 Å². The number of benzene rings is 1. The number of nitrogens with one attached hydrogen (secondary N) is 1. The molecule has 0 aromatic heterocycles. The first kappa shape index (κ1) is 15.3. The molecule has 4 nitrogen and oxygen atoms in total. The maximum atomic E-state index is 13.1. The van der Waals surface area contributed by atoms with Crippen molar-refractivity contribution in [2.24, 2.45) is 5.92 Å². The Bertz CT molecular complexity index is 554. The second-order valence-corrected chi connectivity index (χ2v) is 7.11. The lowest BCUT2D eigenvalue weighted by Gasteiger charge is -2.11. The minimum Gasteiger partial charge on any atom is -0.398 e. The van der Waals surface area contributed by atoms with Crippen LogP contribution in [0.2, 0.25) is 0 Å². The Balaban J connectivity index is 1.88. The van der Waals surface area contributed by atoms with Gasteiger partial charge in [-0.3, -0.25) is 0 Å². The summed E-state index contributed by atoms with van der Waals surface area (Å²) in [5, 5.41) is 0. The SMILES string of the molecule is Nc1ccc(F)cc1S(=O)(=O)NCCCC1CCCC1. The molecule has 6 heteroatoms.